The van der Waals surface area contributed by atoms with Gasteiger partial charge in [-0.2, -0.15) is 0 Å². The van der Waals surface area contributed by atoms with Crippen LogP contribution in [0.5, 0.6) is 0 Å². The lowest BCUT2D eigenvalue weighted by Gasteiger charge is -2.34. The Morgan fingerprint density at radius 1 is 0.600 bits per heavy atom. The fraction of sp³-hybridized carbons (Fsp3) is 0.913. The van der Waals surface area contributed by atoms with E-state index in [-0.39, 0.29) is 0 Å². The van der Waals surface area contributed by atoms with Crippen LogP contribution in [0, 0.1) is 0 Å². The van der Waals surface area contributed by atoms with Crippen LogP contribution in [0.15, 0.2) is 12.7 Å². The number of quaternary nitrogens is 2. The summed E-state index contributed by atoms with van der Waals surface area (Å²) in [6.07, 6.45) is 19.1. The third kappa shape index (κ3) is 16.9. The van der Waals surface area contributed by atoms with E-state index in [1.54, 1.807) is 0 Å². The number of hydrogen-bond donors (Lipinski definition) is 0. The van der Waals surface area contributed by atoms with Crippen LogP contribution in [0.1, 0.15) is 84.0 Å². The van der Waals surface area contributed by atoms with Gasteiger partial charge >= 0.3 is 0 Å². The van der Waals surface area contributed by atoms with E-state index in [4.69, 9.17) is 0 Å². The van der Waals surface area contributed by atoms with Gasteiger partial charge in [0.25, 0.3) is 0 Å². The van der Waals surface area contributed by atoms with Crippen molar-refractivity contribution >= 4 is 0 Å². The highest BCUT2D eigenvalue weighted by Gasteiger charge is 2.19. The van der Waals surface area contributed by atoms with Crippen LogP contribution in [0.2, 0.25) is 0 Å². The van der Waals surface area contributed by atoms with Gasteiger partial charge in [-0.3, -0.25) is 0 Å². The van der Waals surface area contributed by atoms with Crippen molar-refractivity contribution in [2.75, 3.05) is 54.4 Å². The summed E-state index contributed by atoms with van der Waals surface area (Å²) in [6.45, 7) is 11.3. The molecule has 0 saturated heterocycles. The lowest BCUT2D eigenvalue weighted by molar-refractivity contribution is -0.905. The minimum Gasteiger partial charge on any atom is -0.331 e. The Morgan fingerprint density at radius 3 is 1.44 bits per heavy atom. The number of likely N-dealkylation sites (N-methyl/N-ethyl adjacent to an activating group) is 1. The molecule has 2 heteroatoms. The van der Waals surface area contributed by atoms with Crippen molar-refractivity contribution in [1.29, 1.82) is 0 Å². The predicted molar refractivity (Wildman–Crippen MR) is 115 cm³/mol. The average molecular weight is 355 g/mol. The van der Waals surface area contributed by atoms with Crippen LogP contribution in [0.25, 0.3) is 0 Å². The van der Waals surface area contributed by atoms with Gasteiger partial charge in [0.1, 0.15) is 0 Å². The van der Waals surface area contributed by atoms with Gasteiger partial charge < -0.3 is 8.97 Å². The smallest absolute Gasteiger partial charge is 0.0969 e. The highest BCUT2D eigenvalue weighted by Crippen LogP contribution is 2.14. The Bertz CT molecular complexity index is 306. The van der Waals surface area contributed by atoms with E-state index in [2.05, 4.69) is 47.8 Å². The minimum absolute atomic E-state index is 1.09. The second kappa shape index (κ2) is 14.8. The molecule has 0 aromatic carbocycles. The molecule has 0 bridgehead atoms. The number of rotatable bonds is 18. The zero-order chi connectivity index (χ0) is 19.0. The Balaban J connectivity index is 3.74. The van der Waals surface area contributed by atoms with E-state index >= 15 is 0 Å². The first kappa shape index (κ1) is 24.7. The van der Waals surface area contributed by atoms with Crippen molar-refractivity contribution < 1.29 is 8.97 Å². The zero-order valence-corrected chi connectivity index (χ0v) is 18.5. The first-order valence-electron chi connectivity index (χ1n) is 11.1. The first-order chi connectivity index (χ1) is 11.8. The zero-order valence-electron chi connectivity index (χ0n) is 18.5. The maximum absolute atomic E-state index is 3.99. The Hall–Kier alpha value is -0.340. The van der Waals surface area contributed by atoms with E-state index in [1.165, 1.54) is 101 Å². The molecule has 0 aliphatic rings. The van der Waals surface area contributed by atoms with Crippen LogP contribution in [0.3, 0.4) is 0 Å². The van der Waals surface area contributed by atoms with Crippen LogP contribution in [0.4, 0.5) is 0 Å². The van der Waals surface area contributed by atoms with Gasteiger partial charge in [0.05, 0.1) is 54.4 Å². The Labute approximate surface area is 160 Å². The third-order valence-corrected chi connectivity index (χ3v) is 5.40. The summed E-state index contributed by atoms with van der Waals surface area (Å²) in [4.78, 5) is 0. The Kier molecular flexibility index (Phi) is 14.6. The fourth-order valence-electron chi connectivity index (χ4n) is 3.67. The largest absolute Gasteiger partial charge is 0.331 e. The van der Waals surface area contributed by atoms with Crippen LogP contribution in [-0.4, -0.2) is 63.3 Å². The molecule has 1 atom stereocenters. The van der Waals surface area contributed by atoms with Crippen LogP contribution < -0.4 is 0 Å². The number of unbranched alkanes of at least 4 members (excludes halogenated alkanes) is 10. The fourth-order valence-corrected chi connectivity index (χ4v) is 3.67. The average Bonchev–Trinajstić information content (AvgIpc) is 2.53. The lowest BCUT2D eigenvalue weighted by Crippen LogP contribution is -2.46. The molecular formula is C23H50N2+2. The number of hydrogen-bond acceptors (Lipinski definition) is 0. The SMILES string of the molecule is C=CC[N+](C)(CCCCCCCCCCCC)CCCC[N+](C)(C)C. The van der Waals surface area contributed by atoms with E-state index in [1.807, 2.05) is 0 Å². The molecule has 0 amide bonds. The van der Waals surface area contributed by atoms with Gasteiger partial charge in [0.2, 0.25) is 0 Å². The van der Waals surface area contributed by atoms with E-state index in [0.717, 1.165) is 11.0 Å². The molecule has 0 aliphatic carbocycles. The van der Waals surface area contributed by atoms with Gasteiger partial charge in [-0.15, -0.1) is 0 Å². The third-order valence-electron chi connectivity index (χ3n) is 5.40. The second-order valence-electron chi connectivity index (χ2n) is 9.44. The topological polar surface area (TPSA) is 0 Å². The van der Waals surface area contributed by atoms with E-state index < -0.39 is 0 Å². The molecule has 0 aromatic rings. The van der Waals surface area contributed by atoms with Crippen molar-refractivity contribution in [2.45, 2.75) is 84.0 Å². The van der Waals surface area contributed by atoms with Crippen molar-refractivity contribution in [1.82, 2.24) is 0 Å². The lowest BCUT2D eigenvalue weighted by atomic mass is 10.1. The summed E-state index contributed by atoms with van der Waals surface area (Å²) in [6, 6.07) is 0. The predicted octanol–water partition coefficient (Wildman–Crippen LogP) is 6.03. The van der Waals surface area contributed by atoms with Gasteiger partial charge in [-0.05, 0) is 18.9 Å². The van der Waals surface area contributed by atoms with Crippen LogP contribution in [-0.2, 0) is 0 Å². The van der Waals surface area contributed by atoms with Gasteiger partial charge in [-0.1, -0.05) is 64.9 Å². The summed E-state index contributed by atoms with van der Waals surface area (Å²) in [5.74, 6) is 0. The maximum atomic E-state index is 3.99. The molecule has 0 aromatic heterocycles. The summed E-state index contributed by atoms with van der Waals surface area (Å²) in [5, 5.41) is 0. The first-order valence-corrected chi connectivity index (χ1v) is 11.1. The molecule has 0 rings (SSSR count). The van der Waals surface area contributed by atoms with Gasteiger partial charge in [0, 0.05) is 12.8 Å². The molecule has 0 fully saturated rings. The monoisotopic (exact) mass is 354 g/mol. The molecule has 2 nitrogen and oxygen atoms in total. The van der Waals surface area contributed by atoms with E-state index in [9.17, 15) is 0 Å². The van der Waals surface area contributed by atoms with E-state index in [0.29, 0.717) is 0 Å². The second-order valence-corrected chi connectivity index (χ2v) is 9.44. The molecule has 0 radical (unpaired) electrons. The summed E-state index contributed by atoms with van der Waals surface area (Å²) >= 11 is 0. The van der Waals surface area contributed by atoms with Crippen molar-refractivity contribution in [3.05, 3.63) is 12.7 Å². The summed E-state index contributed by atoms with van der Waals surface area (Å²) in [7, 11) is 9.31. The van der Waals surface area contributed by atoms with Crippen molar-refractivity contribution in [3.8, 4) is 0 Å². The Morgan fingerprint density at radius 2 is 1.00 bits per heavy atom. The molecule has 0 N–H and O–H groups in total. The normalized spacial score (nSPS) is 14.4. The minimum atomic E-state index is 1.09. The molecule has 0 aliphatic heterocycles. The number of nitrogens with zero attached hydrogens (tertiary/aromatic N) is 2. The molecule has 1 unspecified atom stereocenters. The molecule has 0 heterocycles. The molecule has 0 spiro atoms. The highest BCUT2D eigenvalue weighted by atomic mass is 15.3. The van der Waals surface area contributed by atoms with Crippen molar-refractivity contribution in [3.63, 3.8) is 0 Å². The quantitative estimate of drug-likeness (QED) is 0.160. The van der Waals surface area contributed by atoms with Gasteiger partial charge in [-0.25, -0.2) is 0 Å². The highest BCUT2D eigenvalue weighted by molar-refractivity contribution is 4.65. The molecule has 150 valence electrons. The summed E-state index contributed by atoms with van der Waals surface area (Å²) in [5.41, 5.74) is 0. The molecule has 25 heavy (non-hydrogen) atoms. The molecular weight excluding hydrogens is 304 g/mol. The summed E-state index contributed by atoms with van der Waals surface area (Å²) < 4.78 is 2.28. The standard InChI is InChI=1S/C23H50N2/c1-7-9-10-11-12-13-14-15-16-17-22-25(6,20-8-2)23-19-18-21-24(3,4)5/h8H,2,7,9-23H2,1,3-6H3/q+2. The van der Waals surface area contributed by atoms with Gasteiger partial charge in [0.15, 0.2) is 0 Å². The van der Waals surface area contributed by atoms with Crippen LogP contribution >= 0.6 is 0 Å². The maximum Gasteiger partial charge on any atom is 0.0969 e. The van der Waals surface area contributed by atoms with Crippen molar-refractivity contribution in [2.24, 2.45) is 0 Å². The molecule has 0 saturated carbocycles.